The molecule has 7 heteroatoms. The van der Waals surface area contributed by atoms with Gasteiger partial charge in [0.15, 0.2) is 11.5 Å². The fraction of sp³-hybridized carbons (Fsp3) is 0.333. The van der Waals surface area contributed by atoms with Crippen LogP contribution in [0.1, 0.15) is 12.8 Å². The first kappa shape index (κ1) is 18.8. The fourth-order valence-electron chi connectivity index (χ4n) is 3.30. The number of hydrogen-bond donors (Lipinski definition) is 1. The van der Waals surface area contributed by atoms with Crippen molar-refractivity contribution in [3.63, 3.8) is 0 Å². The molecule has 4 rings (SSSR count). The van der Waals surface area contributed by atoms with Crippen LogP contribution < -0.4 is 19.5 Å². The number of piperidine rings is 1. The maximum Gasteiger partial charge on any atom is 0.238 e. The number of aromatic nitrogens is 2. The first-order valence-electron chi connectivity index (χ1n) is 9.33. The summed E-state index contributed by atoms with van der Waals surface area (Å²) < 4.78 is 17.6. The van der Waals surface area contributed by atoms with Crippen LogP contribution in [0.2, 0.25) is 5.02 Å². The Hall–Kier alpha value is -2.57. The van der Waals surface area contributed by atoms with Gasteiger partial charge in [-0.2, -0.15) is 0 Å². The van der Waals surface area contributed by atoms with Crippen molar-refractivity contribution in [2.75, 3.05) is 26.8 Å². The van der Waals surface area contributed by atoms with Gasteiger partial charge in [0.05, 0.1) is 19.2 Å². The minimum Gasteiger partial charge on any atom is -0.493 e. The highest BCUT2D eigenvalue weighted by molar-refractivity contribution is 6.31. The number of benzene rings is 1. The smallest absolute Gasteiger partial charge is 0.238 e. The Bertz CT molecular complexity index is 961. The Kier molecular flexibility index (Phi) is 5.78. The maximum absolute atomic E-state index is 6.17. The normalized spacial score (nSPS) is 14.8. The van der Waals surface area contributed by atoms with Crippen LogP contribution in [0.15, 0.2) is 42.7 Å². The molecule has 1 aliphatic rings. The average molecular weight is 400 g/mol. The van der Waals surface area contributed by atoms with Crippen LogP contribution in [-0.4, -0.2) is 36.8 Å². The lowest BCUT2D eigenvalue weighted by atomic mass is 9.99. The van der Waals surface area contributed by atoms with Crippen molar-refractivity contribution in [1.82, 2.24) is 15.3 Å². The lowest BCUT2D eigenvalue weighted by Gasteiger charge is -2.23. The molecule has 0 radical (unpaired) electrons. The minimum absolute atomic E-state index is 0.349. The van der Waals surface area contributed by atoms with Gasteiger partial charge in [0.25, 0.3) is 0 Å². The summed E-state index contributed by atoms with van der Waals surface area (Å²) in [7, 11) is 1.63. The van der Waals surface area contributed by atoms with Crippen molar-refractivity contribution < 1.29 is 14.2 Å². The molecule has 1 aliphatic heterocycles. The second kappa shape index (κ2) is 8.63. The van der Waals surface area contributed by atoms with Crippen molar-refractivity contribution in [1.29, 1.82) is 0 Å². The molecule has 0 spiro atoms. The maximum atomic E-state index is 6.17. The Balaban J connectivity index is 1.62. The molecule has 1 N–H and O–H groups in total. The molecule has 0 bridgehead atoms. The number of hydrogen-bond acceptors (Lipinski definition) is 6. The summed E-state index contributed by atoms with van der Waals surface area (Å²) in [5, 5.41) is 4.62. The zero-order valence-corrected chi connectivity index (χ0v) is 16.4. The van der Waals surface area contributed by atoms with E-state index in [1.165, 1.54) is 0 Å². The topological polar surface area (TPSA) is 65.5 Å². The van der Waals surface area contributed by atoms with E-state index in [1.54, 1.807) is 37.7 Å². The number of nitrogens with one attached hydrogen (secondary N) is 1. The Morgan fingerprint density at radius 1 is 1.07 bits per heavy atom. The highest BCUT2D eigenvalue weighted by Gasteiger charge is 2.17. The van der Waals surface area contributed by atoms with E-state index in [1.807, 2.05) is 12.1 Å². The molecule has 3 heterocycles. The number of fused-ring (bicyclic) bond motifs is 1. The van der Waals surface area contributed by atoms with Crippen LogP contribution in [0.5, 0.6) is 23.1 Å². The average Bonchev–Trinajstić information content (AvgIpc) is 2.74. The monoisotopic (exact) mass is 399 g/mol. The van der Waals surface area contributed by atoms with Crippen LogP contribution in [0.25, 0.3) is 10.9 Å². The molecule has 6 nitrogen and oxygen atoms in total. The molecular formula is C21H22ClN3O3. The molecule has 1 saturated heterocycles. The van der Waals surface area contributed by atoms with Crippen LogP contribution in [-0.2, 0) is 0 Å². The van der Waals surface area contributed by atoms with Gasteiger partial charge < -0.3 is 19.5 Å². The number of pyridine rings is 2. The Morgan fingerprint density at radius 2 is 1.93 bits per heavy atom. The first-order valence-corrected chi connectivity index (χ1v) is 9.71. The van der Waals surface area contributed by atoms with Gasteiger partial charge in [0, 0.05) is 23.8 Å². The van der Waals surface area contributed by atoms with Crippen molar-refractivity contribution in [2.45, 2.75) is 12.8 Å². The van der Waals surface area contributed by atoms with Crippen LogP contribution in [0, 0.1) is 5.92 Å². The molecule has 0 saturated carbocycles. The quantitative estimate of drug-likeness (QED) is 0.660. The van der Waals surface area contributed by atoms with E-state index >= 15 is 0 Å². The zero-order valence-electron chi connectivity index (χ0n) is 15.7. The van der Waals surface area contributed by atoms with Gasteiger partial charge in [-0.25, -0.2) is 4.98 Å². The van der Waals surface area contributed by atoms with E-state index in [2.05, 4.69) is 15.3 Å². The van der Waals surface area contributed by atoms with Gasteiger partial charge in [0.1, 0.15) is 10.8 Å². The van der Waals surface area contributed by atoms with Gasteiger partial charge in [-0.1, -0.05) is 11.6 Å². The highest BCUT2D eigenvalue weighted by atomic mass is 35.5. The second-order valence-corrected chi connectivity index (χ2v) is 7.13. The lowest BCUT2D eigenvalue weighted by Crippen LogP contribution is -2.30. The predicted octanol–water partition coefficient (Wildman–Crippen LogP) is 4.46. The molecule has 1 fully saturated rings. The first-order chi connectivity index (χ1) is 13.7. The minimum atomic E-state index is 0.349. The van der Waals surface area contributed by atoms with Gasteiger partial charge in [-0.15, -0.1) is 0 Å². The third-order valence-electron chi connectivity index (χ3n) is 4.85. The molecule has 2 aromatic heterocycles. The van der Waals surface area contributed by atoms with E-state index < -0.39 is 0 Å². The van der Waals surface area contributed by atoms with Crippen LogP contribution in [0.4, 0.5) is 0 Å². The summed E-state index contributed by atoms with van der Waals surface area (Å²) in [4.78, 5) is 8.64. The summed E-state index contributed by atoms with van der Waals surface area (Å²) in [5.74, 6) is 2.84. The summed E-state index contributed by atoms with van der Waals surface area (Å²) in [6.45, 7) is 2.76. The predicted molar refractivity (Wildman–Crippen MR) is 109 cm³/mol. The molecule has 0 atom stereocenters. The van der Waals surface area contributed by atoms with Crippen molar-refractivity contribution >= 4 is 22.5 Å². The molecule has 1 aromatic carbocycles. The SMILES string of the molecule is COc1cc2c(Oc3ncccc3Cl)ccnc2cc1OCC1CCNCC1. The van der Waals surface area contributed by atoms with Crippen LogP contribution in [0.3, 0.4) is 0 Å². The number of nitrogens with zero attached hydrogens (tertiary/aromatic N) is 2. The Labute approximate surface area is 168 Å². The lowest BCUT2D eigenvalue weighted by molar-refractivity contribution is 0.208. The van der Waals surface area contributed by atoms with Crippen LogP contribution >= 0.6 is 11.6 Å². The van der Waals surface area contributed by atoms with E-state index in [-0.39, 0.29) is 0 Å². The fourth-order valence-corrected chi connectivity index (χ4v) is 3.46. The third-order valence-corrected chi connectivity index (χ3v) is 5.14. The van der Waals surface area contributed by atoms with E-state index in [9.17, 15) is 0 Å². The van der Waals surface area contributed by atoms with Crippen molar-refractivity contribution in [2.24, 2.45) is 5.92 Å². The molecule has 28 heavy (non-hydrogen) atoms. The molecular weight excluding hydrogens is 378 g/mol. The molecule has 0 aliphatic carbocycles. The number of halogens is 1. The van der Waals surface area contributed by atoms with Gasteiger partial charge in [-0.3, -0.25) is 4.98 Å². The summed E-state index contributed by atoms with van der Waals surface area (Å²) in [6.07, 6.45) is 5.57. The van der Waals surface area contributed by atoms with E-state index in [0.29, 0.717) is 40.7 Å². The van der Waals surface area contributed by atoms with Crippen molar-refractivity contribution in [3.8, 4) is 23.1 Å². The standard InChI is InChI=1S/C21H22ClN3O3/c1-26-19-11-15-17(12-20(19)27-13-14-4-8-23-9-5-14)24-10-6-18(15)28-21-16(22)3-2-7-25-21/h2-3,6-7,10-12,14,23H,4-5,8-9,13H2,1H3. The molecule has 0 unspecified atom stereocenters. The number of ether oxygens (including phenoxy) is 3. The Morgan fingerprint density at radius 3 is 2.71 bits per heavy atom. The summed E-state index contributed by atoms with van der Waals surface area (Å²) in [6, 6.07) is 9.05. The van der Waals surface area contributed by atoms with Crippen molar-refractivity contribution in [3.05, 3.63) is 47.7 Å². The zero-order chi connectivity index (χ0) is 19.3. The molecule has 146 valence electrons. The largest absolute Gasteiger partial charge is 0.493 e. The summed E-state index contributed by atoms with van der Waals surface area (Å²) >= 11 is 6.17. The molecule has 3 aromatic rings. The second-order valence-electron chi connectivity index (χ2n) is 6.73. The number of rotatable bonds is 6. The number of methoxy groups -OCH3 is 1. The van der Waals surface area contributed by atoms with Gasteiger partial charge in [-0.05, 0) is 56.1 Å². The van der Waals surface area contributed by atoms with E-state index in [0.717, 1.165) is 36.8 Å². The van der Waals surface area contributed by atoms with E-state index in [4.69, 9.17) is 25.8 Å². The highest BCUT2D eigenvalue weighted by Crippen LogP contribution is 2.38. The van der Waals surface area contributed by atoms with Gasteiger partial charge >= 0.3 is 0 Å². The van der Waals surface area contributed by atoms with Gasteiger partial charge in [0.2, 0.25) is 5.88 Å². The molecule has 0 amide bonds. The third kappa shape index (κ3) is 4.13. The summed E-state index contributed by atoms with van der Waals surface area (Å²) in [5.41, 5.74) is 0.755.